The fourth-order valence-electron chi connectivity index (χ4n) is 3.35. The molecule has 6 heteroatoms. The van der Waals surface area contributed by atoms with E-state index in [1.807, 2.05) is 76.8 Å². The van der Waals surface area contributed by atoms with Crippen LogP contribution in [0.3, 0.4) is 0 Å². The van der Waals surface area contributed by atoms with Crippen molar-refractivity contribution < 1.29 is 14.3 Å². The Morgan fingerprint density at radius 1 is 1.30 bits per heavy atom. The summed E-state index contributed by atoms with van der Waals surface area (Å²) in [4.78, 5) is 27.0. The van der Waals surface area contributed by atoms with Crippen LogP contribution in [0.25, 0.3) is 0 Å². The Balaban J connectivity index is 2.29. The summed E-state index contributed by atoms with van der Waals surface area (Å²) in [5.74, 6) is 0.278. The Morgan fingerprint density at radius 2 is 1.93 bits per heavy atom. The molecule has 3 atom stereocenters. The van der Waals surface area contributed by atoms with Gasteiger partial charge < -0.3 is 15.0 Å². The van der Waals surface area contributed by atoms with Gasteiger partial charge in [0.1, 0.15) is 5.60 Å². The van der Waals surface area contributed by atoms with Crippen molar-refractivity contribution in [1.82, 2.24) is 15.5 Å². The summed E-state index contributed by atoms with van der Waals surface area (Å²) in [6.07, 6.45) is -0.459. The maximum atomic E-state index is 12.7. The van der Waals surface area contributed by atoms with Gasteiger partial charge in [-0.25, -0.2) is 4.79 Å². The number of nitrogens with one attached hydrogen (secondary N) is 2. The molecule has 150 valence electrons. The second-order valence-corrected chi connectivity index (χ2v) is 8.41. The number of carbonyl (C=O) groups excluding carboxylic acids is 2. The highest BCUT2D eigenvalue weighted by atomic mass is 16.6. The van der Waals surface area contributed by atoms with E-state index in [9.17, 15) is 9.59 Å². The van der Waals surface area contributed by atoms with Gasteiger partial charge in [0, 0.05) is 19.1 Å². The maximum absolute atomic E-state index is 12.7. The van der Waals surface area contributed by atoms with Gasteiger partial charge in [0.2, 0.25) is 5.91 Å². The first-order valence-corrected chi connectivity index (χ1v) is 9.71. The third kappa shape index (κ3) is 5.70. The van der Waals surface area contributed by atoms with Gasteiger partial charge in [0.25, 0.3) is 0 Å². The molecule has 2 rings (SSSR count). The monoisotopic (exact) mass is 375 g/mol. The van der Waals surface area contributed by atoms with Crippen molar-refractivity contribution >= 4 is 12.0 Å². The van der Waals surface area contributed by atoms with Crippen molar-refractivity contribution in [3.05, 3.63) is 35.9 Å². The van der Waals surface area contributed by atoms with E-state index in [2.05, 4.69) is 10.6 Å². The summed E-state index contributed by atoms with van der Waals surface area (Å²) >= 11 is 0. The molecule has 0 bridgehead atoms. The molecule has 1 saturated heterocycles. The number of rotatable bonds is 5. The summed E-state index contributed by atoms with van der Waals surface area (Å²) in [7, 11) is 0. The van der Waals surface area contributed by atoms with E-state index in [1.165, 1.54) is 0 Å². The van der Waals surface area contributed by atoms with Crippen LogP contribution in [0.5, 0.6) is 0 Å². The van der Waals surface area contributed by atoms with Gasteiger partial charge in [-0.2, -0.15) is 0 Å². The number of amides is 2. The quantitative estimate of drug-likeness (QED) is 0.830. The lowest BCUT2D eigenvalue weighted by atomic mass is 9.92. The molecule has 0 unspecified atom stereocenters. The highest BCUT2D eigenvalue weighted by Gasteiger charge is 2.39. The lowest BCUT2D eigenvalue weighted by molar-refractivity contribution is -0.138. The highest BCUT2D eigenvalue weighted by molar-refractivity contribution is 5.83. The molecular weight excluding hydrogens is 342 g/mol. The summed E-state index contributed by atoms with van der Waals surface area (Å²) in [6.45, 7) is 12.8. The highest BCUT2D eigenvalue weighted by Crippen LogP contribution is 2.24. The smallest absolute Gasteiger partial charge is 0.408 e. The number of piperazine rings is 1. The van der Waals surface area contributed by atoms with Crippen molar-refractivity contribution in [3.8, 4) is 0 Å². The first kappa shape index (κ1) is 21.2. The Morgan fingerprint density at radius 3 is 2.44 bits per heavy atom. The Kier molecular flexibility index (Phi) is 6.87. The SMILES string of the molecule is CCN1C[C@@H]([C@@H](NC(=O)OC(C)(C)C)c2ccccc2)N[C@@H](C(C)C)C1=O. The van der Waals surface area contributed by atoms with Crippen molar-refractivity contribution in [2.45, 2.75) is 65.3 Å². The van der Waals surface area contributed by atoms with E-state index in [0.717, 1.165) is 5.56 Å². The third-order valence-electron chi connectivity index (χ3n) is 4.67. The van der Waals surface area contributed by atoms with Crippen LogP contribution in [0.2, 0.25) is 0 Å². The predicted octanol–water partition coefficient (Wildman–Crippen LogP) is 3.10. The molecule has 27 heavy (non-hydrogen) atoms. The van der Waals surface area contributed by atoms with Crippen LogP contribution in [0.4, 0.5) is 4.79 Å². The molecule has 1 aliphatic heterocycles. The molecular formula is C21H33N3O3. The van der Waals surface area contributed by atoms with Gasteiger partial charge >= 0.3 is 6.09 Å². The standard InChI is InChI=1S/C21H33N3O3/c1-7-24-13-16(22-17(14(2)3)19(24)25)18(15-11-9-8-10-12-15)23-20(26)27-21(4,5)6/h8-12,14,16-18,22H,7,13H2,1-6H3,(H,23,26)/t16-,17-,18-/m0/s1. The fraction of sp³-hybridized carbons (Fsp3) is 0.619. The summed E-state index contributed by atoms with van der Waals surface area (Å²) in [5.41, 5.74) is 0.408. The molecule has 0 radical (unpaired) electrons. The third-order valence-corrected chi connectivity index (χ3v) is 4.67. The topological polar surface area (TPSA) is 70.7 Å². The Labute approximate surface area is 162 Å². The molecule has 1 aromatic rings. The normalized spacial score (nSPS) is 21.9. The summed E-state index contributed by atoms with van der Waals surface area (Å²) < 4.78 is 5.47. The molecule has 1 heterocycles. The predicted molar refractivity (Wildman–Crippen MR) is 106 cm³/mol. The van der Waals surface area contributed by atoms with Gasteiger partial charge in [0.05, 0.1) is 12.1 Å². The zero-order valence-corrected chi connectivity index (χ0v) is 17.3. The Bertz CT molecular complexity index is 640. The average molecular weight is 376 g/mol. The number of benzene rings is 1. The van der Waals surface area contributed by atoms with Gasteiger partial charge in [-0.1, -0.05) is 44.2 Å². The first-order chi connectivity index (χ1) is 12.6. The van der Waals surface area contributed by atoms with Crippen molar-refractivity contribution in [2.24, 2.45) is 5.92 Å². The van der Waals surface area contributed by atoms with Gasteiger partial charge in [-0.15, -0.1) is 0 Å². The van der Waals surface area contributed by atoms with Gasteiger partial charge in [0.15, 0.2) is 0 Å². The average Bonchev–Trinajstić information content (AvgIpc) is 2.59. The van der Waals surface area contributed by atoms with E-state index < -0.39 is 11.7 Å². The number of likely N-dealkylation sites (N-methyl/N-ethyl adjacent to an activating group) is 1. The molecule has 2 N–H and O–H groups in total. The number of carbonyl (C=O) groups is 2. The second-order valence-electron chi connectivity index (χ2n) is 8.41. The lowest BCUT2D eigenvalue weighted by Gasteiger charge is -2.42. The number of hydrogen-bond donors (Lipinski definition) is 2. The van der Waals surface area contributed by atoms with Crippen LogP contribution < -0.4 is 10.6 Å². The van der Waals surface area contributed by atoms with Crippen LogP contribution in [0.15, 0.2) is 30.3 Å². The zero-order valence-electron chi connectivity index (χ0n) is 17.3. The van der Waals surface area contributed by atoms with E-state index in [1.54, 1.807) is 0 Å². The molecule has 2 amide bonds. The minimum Gasteiger partial charge on any atom is -0.444 e. The number of hydrogen-bond acceptors (Lipinski definition) is 4. The molecule has 1 aromatic carbocycles. The van der Waals surface area contributed by atoms with Gasteiger partial charge in [-0.05, 0) is 39.2 Å². The molecule has 6 nitrogen and oxygen atoms in total. The van der Waals surface area contributed by atoms with Crippen LogP contribution in [0, 0.1) is 5.92 Å². The molecule has 1 aliphatic rings. The zero-order chi connectivity index (χ0) is 20.2. The molecule has 0 aromatic heterocycles. The van der Waals surface area contributed by atoms with Gasteiger partial charge in [-0.3, -0.25) is 10.1 Å². The Hall–Kier alpha value is -2.08. The lowest BCUT2D eigenvalue weighted by Crippen LogP contribution is -2.64. The first-order valence-electron chi connectivity index (χ1n) is 9.71. The molecule has 0 spiro atoms. The number of ether oxygens (including phenoxy) is 1. The maximum Gasteiger partial charge on any atom is 0.408 e. The second kappa shape index (κ2) is 8.74. The summed E-state index contributed by atoms with van der Waals surface area (Å²) in [6, 6.07) is 9.14. The molecule has 0 aliphatic carbocycles. The van der Waals surface area contributed by atoms with E-state index >= 15 is 0 Å². The minimum atomic E-state index is -0.572. The number of alkyl carbamates (subject to hydrolysis) is 1. The van der Waals surface area contributed by atoms with Crippen LogP contribution >= 0.6 is 0 Å². The number of nitrogens with zero attached hydrogens (tertiary/aromatic N) is 1. The largest absolute Gasteiger partial charge is 0.444 e. The van der Waals surface area contributed by atoms with E-state index in [-0.39, 0.29) is 30.0 Å². The van der Waals surface area contributed by atoms with Crippen LogP contribution in [-0.4, -0.2) is 47.7 Å². The minimum absolute atomic E-state index is 0.107. The van der Waals surface area contributed by atoms with Crippen LogP contribution in [-0.2, 0) is 9.53 Å². The van der Waals surface area contributed by atoms with E-state index in [0.29, 0.717) is 13.1 Å². The van der Waals surface area contributed by atoms with Crippen molar-refractivity contribution in [1.29, 1.82) is 0 Å². The fourth-order valence-corrected chi connectivity index (χ4v) is 3.35. The summed E-state index contributed by atoms with van der Waals surface area (Å²) in [5, 5.41) is 6.49. The van der Waals surface area contributed by atoms with Crippen LogP contribution in [0.1, 0.15) is 53.1 Å². The molecule has 1 fully saturated rings. The molecule has 0 saturated carbocycles. The van der Waals surface area contributed by atoms with Crippen molar-refractivity contribution in [3.63, 3.8) is 0 Å². The van der Waals surface area contributed by atoms with Crippen molar-refractivity contribution in [2.75, 3.05) is 13.1 Å². The van der Waals surface area contributed by atoms with E-state index in [4.69, 9.17) is 4.74 Å².